The molecule has 0 spiro atoms. The van der Waals surface area contributed by atoms with Crippen LogP contribution in [0.2, 0.25) is 0 Å². The zero-order valence-electron chi connectivity index (χ0n) is 16.4. The van der Waals surface area contributed by atoms with E-state index in [9.17, 15) is 0 Å². The molecule has 3 heteroatoms. The molecule has 0 aliphatic carbocycles. The smallest absolute Gasteiger partial charge is 0.119 e. The van der Waals surface area contributed by atoms with Crippen molar-refractivity contribution in [1.82, 2.24) is 9.47 Å². The van der Waals surface area contributed by atoms with E-state index in [2.05, 4.69) is 71.0 Å². The Kier molecular flexibility index (Phi) is 5.78. The van der Waals surface area contributed by atoms with Gasteiger partial charge in [-0.25, -0.2) is 0 Å². The van der Waals surface area contributed by atoms with Crippen LogP contribution >= 0.6 is 0 Å². The lowest BCUT2D eigenvalue weighted by atomic mass is 10.1. The van der Waals surface area contributed by atoms with Gasteiger partial charge in [0, 0.05) is 24.3 Å². The van der Waals surface area contributed by atoms with Crippen LogP contribution in [-0.4, -0.2) is 35.7 Å². The van der Waals surface area contributed by atoms with Gasteiger partial charge < -0.3 is 9.30 Å². The molecule has 3 aromatic rings. The molecular formula is C24H30N2O. The Balaban J connectivity index is 1.38. The summed E-state index contributed by atoms with van der Waals surface area (Å²) in [6.07, 6.45) is 5.10. The molecule has 1 aliphatic rings. The van der Waals surface area contributed by atoms with E-state index in [1.54, 1.807) is 0 Å². The van der Waals surface area contributed by atoms with Crippen molar-refractivity contribution in [2.24, 2.45) is 0 Å². The summed E-state index contributed by atoms with van der Waals surface area (Å²) >= 11 is 0. The normalized spacial score (nSPS) is 15.3. The number of rotatable bonds is 7. The third-order valence-corrected chi connectivity index (χ3v) is 5.65. The van der Waals surface area contributed by atoms with Gasteiger partial charge in [0.1, 0.15) is 12.4 Å². The molecule has 2 aromatic carbocycles. The maximum Gasteiger partial charge on any atom is 0.119 e. The first-order valence-corrected chi connectivity index (χ1v) is 10.3. The predicted octanol–water partition coefficient (Wildman–Crippen LogP) is 5.12. The fourth-order valence-electron chi connectivity index (χ4n) is 4.10. The zero-order valence-corrected chi connectivity index (χ0v) is 16.4. The van der Waals surface area contributed by atoms with Gasteiger partial charge >= 0.3 is 0 Å². The van der Waals surface area contributed by atoms with Crippen molar-refractivity contribution in [2.45, 2.75) is 39.2 Å². The van der Waals surface area contributed by atoms with E-state index < -0.39 is 0 Å². The van der Waals surface area contributed by atoms with Gasteiger partial charge in [-0.05, 0) is 67.6 Å². The fourth-order valence-corrected chi connectivity index (χ4v) is 4.10. The second kappa shape index (κ2) is 8.62. The third kappa shape index (κ3) is 4.36. The van der Waals surface area contributed by atoms with Gasteiger partial charge in [0.05, 0.1) is 0 Å². The number of nitrogens with zero attached hydrogens (tertiary/aromatic N) is 2. The largest absolute Gasteiger partial charge is 0.492 e. The Labute approximate surface area is 162 Å². The highest BCUT2D eigenvalue weighted by Crippen LogP contribution is 2.22. The molecule has 0 unspecified atom stereocenters. The Bertz CT molecular complexity index is 860. The summed E-state index contributed by atoms with van der Waals surface area (Å²) in [5.74, 6) is 0.976. The number of piperidine rings is 1. The van der Waals surface area contributed by atoms with E-state index in [0.29, 0.717) is 0 Å². The van der Waals surface area contributed by atoms with Crippen LogP contribution in [0.25, 0.3) is 10.9 Å². The highest BCUT2D eigenvalue weighted by molar-refractivity contribution is 5.81. The molecule has 1 aromatic heterocycles. The highest BCUT2D eigenvalue weighted by atomic mass is 16.5. The number of benzene rings is 2. The topological polar surface area (TPSA) is 17.4 Å². The molecule has 0 amide bonds. The number of hydrogen-bond acceptors (Lipinski definition) is 2. The van der Waals surface area contributed by atoms with Crippen LogP contribution in [0.4, 0.5) is 0 Å². The number of fused-ring (bicyclic) bond motifs is 1. The quantitative estimate of drug-likeness (QED) is 0.581. The van der Waals surface area contributed by atoms with Crippen LogP contribution in [-0.2, 0) is 13.0 Å². The minimum Gasteiger partial charge on any atom is -0.492 e. The second-order valence-corrected chi connectivity index (χ2v) is 7.53. The number of likely N-dealkylation sites (tertiary alicyclic amines) is 1. The Morgan fingerprint density at radius 1 is 0.926 bits per heavy atom. The van der Waals surface area contributed by atoms with Gasteiger partial charge in [-0.15, -0.1) is 0 Å². The third-order valence-electron chi connectivity index (χ3n) is 5.65. The Morgan fingerprint density at radius 3 is 2.48 bits per heavy atom. The van der Waals surface area contributed by atoms with Crippen LogP contribution in [0.1, 0.15) is 37.4 Å². The van der Waals surface area contributed by atoms with E-state index in [1.807, 2.05) is 0 Å². The molecular weight excluding hydrogens is 332 g/mol. The van der Waals surface area contributed by atoms with Gasteiger partial charge in [-0.3, -0.25) is 4.90 Å². The lowest BCUT2D eigenvalue weighted by Crippen LogP contribution is -2.33. The van der Waals surface area contributed by atoms with E-state index in [4.69, 9.17) is 4.74 Å². The monoisotopic (exact) mass is 362 g/mol. The van der Waals surface area contributed by atoms with Crippen molar-refractivity contribution in [2.75, 3.05) is 26.2 Å². The van der Waals surface area contributed by atoms with Crippen molar-refractivity contribution < 1.29 is 4.74 Å². The minimum atomic E-state index is 0.779. The number of aromatic nitrogens is 1. The first-order valence-electron chi connectivity index (χ1n) is 10.3. The Morgan fingerprint density at radius 2 is 1.70 bits per heavy atom. The lowest BCUT2D eigenvalue weighted by molar-refractivity contribution is 0.183. The molecule has 4 rings (SSSR count). The van der Waals surface area contributed by atoms with Crippen LogP contribution in [0.15, 0.2) is 54.6 Å². The van der Waals surface area contributed by atoms with E-state index in [0.717, 1.165) is 31.9 Å². The van der Waals surface area contributed by atoms with E-state index in [1.165, 1.54) is 54.5 Å². The van der Waals surface area contributed by atoms with Gasteiger partial charge in [0.25, 0.3) is 0 Å². The van der Waals surface area contributed by atoms with Crippen molar-refractivity contribution >= 4 is 10.9 Å². The van der Waals surface area contributed by atoms with Crippen LogP contribution < -0.4 is 4.74 Å². The second-order valence-electron chi connectivity index (χ2n) is 7.53. The van der Waals surface area contributed by atoms with Crippen LogP contribution in [0, 0.1) is 0 Å². The van der Waals surface area contributed by atoms with Gasteiger partial charge in [-0.2, -0.15) is 0 Å². The summed E-state index contributed by atoms with van der Waals surface area (Å²) in [6, 6.07) is 19.6. The highest BCUT2D eigenvalue weighted by Gasteiger charge is 2.10. The summed E-state index contributed by atoms with van der Waals surface area (Å²) in [5, 5.41) is 1.33. The molecule has 0 radical (unpaired) electrons. The summed E-state index contributed by atoms with van der Waals surface area (Å²) in [6.45, 7) is 7.41. The number of aryl methyl sites for hydroxylation is 1. The molecule has 142 valence electrons. The van der Waals surface area contributed by atoms with Gasteiger partial charge in [0.15, 0.2) is 0 Å². The molecule has 27 heavy (non-hydrogen) atoms. The van der Waals surface area contributed by atoms with Crippen molar-refractivity contribution in [1.29, 1.82) is 0 Å². The molecule has 0 N–H and O–H groups in total. The van der Waals surface area contributed by atoms with Crippen LogP contribution in [0.5, 0.6) is 5.75 Å². The summed E-state index contributed by atoms with van der Waals surface area (Å²) < 4.78 is 8.40. The van der Waals surface area contributed by atoms with E-state index in [-0.39, 0.29) is 0 Å². The molecule has 0 atom stereocenters. The van der Waals surface area contributed by atoms with E-state index >= 15 is 0 Å². The van der Waals surface area contributed by atoms with Crippen LogP contribution in [0.3, 0.4) is 0 Å². The summed E-state index contributed by atoms with van der Waals surface area (Å²) in [5.41, 5.74) is 4.02. The van der Waals surface area contributed by atoms with Gasteiger partial charge in [0.2, 0.25) is 0 Å². The van der Waals surface area contributed by atoms with Crippen molar-refractivity contribution in [3.63, 3.8) is 0 Å². The van der Waals surface area contributed by atoms with Gasteiger partial charge in [-0.1, -0.05) is 43.7 Å². The minimum absolute atomic E-state index is 0.779. The molecule has 0 saturated carbocycles. The zero-order chi connectivity index (χ0) is 18.5. The molecule has 3 nitrogen and oxygen atoms in total. The first kappa shape index (κ1) is 18.1. The lowest BCUT2D eigenvalue weighted by Gasteiger charge is -2.26. The molecule has 1 aliphatic heterocycles. The Hall–Kier alpha value is -2.26. The number of ether oxygens (including phenoxy) is 1. The molecule has 2 heterocycles. The molecule has 1 fully saturated rings. The molecule has 0 bridgehead atoms. The fraction of sp³-hybridized carbons (Fsp3) is 0.417. The average Bonchev–Trinajstić information content (AvgIpc) is 3.08. The SMILES string of the molecule is CCc1cc2ccccc2n1Cc1ccc(OCCN2CCCCC2)cc1. The maximum atomic E-state index is 5.97. The number of para-hydroxylation sites is 1. The number of hydrogen-bond donors (Lipinski definition) is 0. The summed E-state index contributed by atoms with van der Waals surface area (Å²) in [4.78, 5) is 2.52. The average molecular weight is 363 g/mol. The van der Waals surface area contributed by atoms with Crippen molar-refractivity contribution in [3.8, 4) is 5.75 Å². The first-order chi connectivity index (χ1) is 13.3. The summed E-state index contributed by atoms with van der Waals surface area (Å²) in [7, 11) is 0. The predicted molar refractivity (Wildman–Crippen MR) is 113 cm³/mol. The maximum absolute atomic E-state index is 5.97. The standard InChI is InChI=1S/C24H30N2O/c1-2-22-18-21-8-4-5-9-24(21)26(22)19-20-10-12-23(13-11-20)27-17-16-25-14-6-3-7-15-25/h4-5,8-13,18H,2-3,6-7,14-17,19H2,1H3. The molecule has 1 saturated heterocycles. The van der Waals surface area contributed by atoms with Crippen molar-refractivity contribution in [3.05, 3.63) is 65.9 Å².